The third kappa shape index (κ3) is 3.90. The summed E-state index contributed by atoms with van der Waals surface area (Å²) in [6.07, 6.45) is -0.782. The number of likely N-dealkylation sites (tertiary alicyclic amines) is 1. The van der Waals surface area contributed by atoms with Crippen molar-refractivity contribution in [1.82, 2.24) is 14.5 Å². The molecule has 1 saturated heterocycles. The van der Waals surface area contributed by atoms with Gasteiger partial charge in [0.2, 0.25) is 0 Å². The second-order valence-electron chi connectivity index (χ2n) is 7.52. The topological polar surface area (TPSA) is 21.1 Å². The molecule has 1 aliphatic heterocycles. The zero-order valence-electron chi connectivity index (χ0n) is 15.5. The monoisotopic (exact) mass is 391 g/mol. The maximum atomic E-state index is 13.7. The van der Waals surface area contributed by atoms with Gasteiger partial charge in [0, 0.05) is 20.1 Å². The lowest BCUT2D eigenvalue weighted by Crippen LogP contribution is -2.34. The predicted octanol–water partition coefficient (Wildman–Crippen LogP) is 5.11. The maximum absolute atomic E-state index is 13.7. The van der Waals surface area contributed by atoms with Gasteiger partial charge in [-0.15, -0.1) is 0 Å². The second kappa shape index (κ2) is 7.20. The average Bonchev–Trinajstić information content (AvgIpc) is 3.01. The summed E-state index contributed by atoms with van der Waals surface area (Å²) in [6, 6.07) is 9.01. The minimum absolute atomic E-state index is 0.295. The Morgan fingerprint density at radius 2 is 1.96 bits per heavy atom. The van der Waals surface area contributed by atoms with Crippen LogP contribution in [0.2, 0.25) is 0 Å². The van der Waals surface area contributed by atoms with Gasteiger partial charge < -0.3 is 4.57 Å². The fraction of sp³-hybridized carbons (Fsp3) is 0.381. The van der Waals surface area contributed by atoms with Crippen LogP contribution in [0.4, 0.5) is 17.6 Å². The first kappa shape index (κ1) is 18.9. The van der Waals surface area contributed by atoms with Crippen LogP contribution in [-0.4, -0.2) is 27.5 Å². The highest BCUT2D eigenvalue weighted by molar-refractivity contribution is 5.76. The van der Waals surface area contributed by atoms with E-state index in [4.69, 9.17) is 0 Å². The number of nitrogens with zero attached hydrogens (tertiary/aromatic N) is 3. The van der Waals surface area contributed by atoms with Gasteiger partial charge in [0.1, 0.15) is 5.82 Å². The molecule has 4 rings (SSSR count). The van der Waals surface area contributed by atoms with Gasteiger partial charge in [0.05, 0.1) is 22.9 Å². The number of fused-ring (bicyclic) bond motifs is 1. The van der Waals surface area contributed by atoms with Crippen molar-refractivity contribution in [1.29, 1.82) is 0 Å². The smallest absolute Gasteiger partial charge is 0.334 e. The van der Waals surface area contributed by atoms with E-state index in [0.29, 0.717) is 24.1 Å². The summed E-state index contributed by atoms with van der Waals surface area (Å²) in [4.78, 5) is 6.44. The highest BCUT2D eigenvalue weighted by Crippen LogP contribution is 2.32. The Labute approximate surface area is 160 Å². The molecule has 1 unspecified atom stereocenters. The van der Waals surface area contributed by atoms with Crippen molar-refractivity contribution in [3.05, 3.63) is 65.2 Å². The molecule has 0 bridgehead atoms. The van der Waals surface area contributed by atoms with Crippen LogP contribution in [-0.2, 0) is 19.8 Å². The average molecular weight is 391 g/mol. The van der Waals surface area contributed by atoms with Gasteiger partial charge in [0.25, 0.3) is 0 Å². The zero-order chi connectivity index (χ0) is 19.9. The Hall–Kier alpha value is -2.41. The largest absolute Gasteiger partial charge is 0.416 e. The number of piperidine rings is 1. The number of halogens is 4. The number of hydrogen-bond donors (Lipinski definition) is 0. The van der Waals surface area contributed by atoms with Crippen LogP contribution in [0.5, 0.6) is 0 Å². The number of aromatic nitrogens is 2. The fourth-order valence-corrected chi connectivity index (χ4v) is 4.03. The van der Waals surface area contributed by atoms with Gasteiger partial charge in [-0.25, -0.2) is 9.37 Å². The maximum Gasteiger partial charge on any atom is 0.416 e. The predicted molar refractivity (Wildman–Crippen MR) is 99.4 cm³/mol. The summed E-state index contributed by atoms with van der Waals surface area (Å²) in [6.45, 7) is 1.84. The minimum Gasteiger partial charge on any atom is -0.334 e. The molecule has 3 nitrogen and oxygen atoms in total. The van der Waals surface area contributed by atoms with Crippen molar-refractivity contribution in [3.63, 3.8) is 0 Å². The highest BCUT2D eigenvalue weighted by atomic mass is 19.4. The molecule has 1 aliphatic rings. The van der Waals surface area contributed by atoms with E-state index in [9.17, 15) is 17.6 Å². The summed E-state index contributed by atoms with van der Waals surface area (Å²) in [5.74, 6) is -0.552. The molecule has 2 aromatic carbocycles. The Balaban J connectivity index is 1.52. The fourth-order valence-electron chi connectivity index (χ4n) is 4.03. The van der Waals surface area contributed by atoms with Crippen molar-refractivity contribution in [2.45, 2.75) is 31.5 Å². The Morgan fingerprint density at radius 3 is 2.75 bits per heavy atom. The van der Waals surface area contributed by atoms with Crippen LogP contribution >= 0.6 is 0 Å². The van der Waals surface area contributed by atoms with E-state index in [1.807, 2.05) is 17.7 Å². The third-order valence-electron chi connectivity index (χ3n) is 5.42. The summed E-state index contributed by atoms with van der Waals surface area (Å²) in [7, 11) is 1.95. The van der Waals surface area contributed by atoms with Crippen LogP contribution in [0.15, 0.2) is 42.7 Å². The lowest BCUT2D eigenvalue weighted by Gasteiger charge is -2.33. The van der Waals surface area contributed by atoms with E-state index < -0.39 is 17.6 Å². The normalized spacial score (nSPS) is 18.7. The molecule has 7 heteroatoms. The number of hydrogen-bond acceptors (Lipinski definition) is 2. The highest BCUT2D eigenvalue weighted by Gasteiger charge is 2.31. The van der Waals surface area contributed by atoms with Gasteiger partial charge in [0.15, 0.2) is 0 Å². The standard InChI is InChI=1S/C21H21F4N3/c1-27-13-26-19-5-4-15(9-20(19)27)16-3-2-6-28(12-16)11-14-7-17(21(23,24)25)10-18(22)8-14/h4-5,7-10,13,16H,2-3,6,11-12H2,1H3. The van der Waals surface area contributed by atoms with Crippen molar-refractivity contribution < 1.29 is 17.6 Å². The number of rotatable bonds is 3. The van der Waals surface area contributed by atoms with E-state index in [0.717, 1.165) is 43.0 Å². The molecule has 0 aliphatic carbocycles. The first-order valence-corrected chi connectivity index (χ1v) is 9.29. The van der Waals surface area contributed by atoms with Crippen molar-refractivity contribution in [2.24, 2.45) is 7.05 Å². The van der Waals surface area contributed by atoms with E-state index in [-0.39, 0.29) is 0 Å². The molecule has 0 spiro atoms. The molecule has 1 fully saturated rings. The van der Waals surface area contributed by atoms with Gasteiger partial charge >= 0.3 is 6.18 Å². The molecule has 0 N–H and O–H groups in total. The molecule has 2 heterocycles. The molecule has 28 heavy (non-hydrogen) atoms. The summed E-state index contributed by atoms with van der Waals surface area (Å²) in [5.41, 5.74) is 2.64. The first-order chi connectivity index (χ1) is 13.3. The van der Waals surface area contributed by atoms with Crippen LogP contribution in [0, 0.1) is 5.82 Å². The SMILES string of the molecule is Cn1cnc2ccc(C3CCCN(Cc4cc(F)cc(C(F)(F)F)c4)C3)cc21. The minimum atomic E-state index is -4.54. The molecule has 0 saturated carbocycles. The van der Waals surface area contributed by atoms with Gasteiger partial charge in [-0.1, -0.05) is 6.07 Å². The molecule has 1 atom stereocenters. The molecular formula is C21H21F4N3. The number of benzene rings is 2. The Kier molecular flexibility index (Phi) is 4.87. The van der Waals surface area contributed by atoms with Crippen LogP contribution in [0.1, 0.15) is 35.4 Å². The lowest BCUT2D eigenvalue weighted by atomic mass is 9.90. The quantitative estimate of drug-likeness (QED) is 0.579. The summed E-state index contributed by atoms with van der Waals surface area (Å²) in [5, 5.41) is 0. The van der Waals surface area contributed by atoms with Crippen molar-refractivity contribution in [3.8, 4) is 0 Å². The third-order valence-corrected chi connectivity index (χ3v) is 5.42. The Bertz CT molecular complexity index is 993. The van der Waals surface area contributed by atoms with E-state index >= 15 is 0 Å². The molecule has 0 amide bonds. The molecule has 148 valence electrons. The van der Waals surface area contributed by atoms with Crippen molar-refractivity contribution >= 4 is 11.0 Å². The van der Waals surface area contributed by atoms with E-state index in [2.05, 4.69) is 22.0 Å². The zero-order valence-corrected chi connectivity index (χ0v) is 15.5. The molecule has 1 aromatic heterocycles. The number of aryl methyl sites for hydroxylation is 1. The number of alkyl halides is 3. The van der Waals surface area contributed by atoms with Gasteiger partial charge in [-0.3, -0.25) is 4.90 Å². The lowest BCUT2D eigenvalue weighted by molar-refractivity contribution is -0.137. The van der Waals surface area contributed by atoms with E-state index in [1.165, 1.54) is 11.6 Å². The molecule has 0 radical (unpaired) electrons. The van der Waals surface area contributed by atoms with Crippen molar-refractivity contribution in [2.75, 3.05) is 13.1 Å². The first-order valence-electron chi connectivity index (χ1n) is 9.29. The van der Waals surface area contributed by atoms with Gasteiger partial charge in [-0.05, 0) is 66.8 Å². The molecule has 3 aromatic rings. The Morgan fingerprint density at radius 1 is 1.14 bits per heavy atom. The van der Waals surface area contributed by atoms with E-state index in [1.54, 1.807) is 6.33 Å². The van der Waals surface area contributed by atoms with Crippen LogP contribution in [0.25, 0.3) is 11.0 Å². The number of imidazole rings is 1. The molecular weight excluding hydrogens is 370 g/mol. The second-order valence-corrected chi connectivity index (χ2v) is 7.52. The summed E-state index contributed by atoms with van der Waals surface area (Å²) >= 11 is 0. The summed E-state index contributed by atoms with van der Waals surface area (Å²) < 4.78 is 54.5. The van der Waals surface area contributed by atoms with Gasteiger partial charge in [-0.2, -0.15) is 13.2 Å². The van der Waals surface area contributed by atoms with Crippen LogP contribution < -0.4 is 0 Å². The van der Waals surface area contributed by atoms with Crippen LogP contribution in [0.3, 0.4) is 0 Å².